The molecule has 2 N–H and O–H groups in total. The molecule has 102 valence electrons. The van der Waals surface area contributed by atoms with Crippen LogP contribution in [0.15, 0.2) is 34.1 Å². The van der Waals surface area contributed by atoms with Crippen LogP contribution in [0.5, 0.6) is 5.75 Å². The zero-order valence-corrected chi connectivity index (χ0v) is 12.5. The van der Waals surface area contributed by atoms with Gasteiger partial charge in [-0.2, -0.15) is 0 Å². The first-order valence-corrected chi connectivity index (χ1v) is 7.26. The molecule has 2 unspecified atom stereocenters. The summed E-state index contributed by atoms with van der Waals surface area (Å²) in [7, 11) is 0. The van der Waals surface area contributed by atoms with Crippen LogP contribution >= 0.6 is 27.3 Å². The Hall–Kier alpha value is -0.980. The first-order valence-electron chi connectivity index (χ1n) is 5.58. The Morgan fingerprint density at radius 1 is 1.32 bits per heavy atom. The van der Waals surface area contributed by atoms with Gasteiger partial charge in [0.2, 0.25) is 0 Å². The Labute approximate surface area is 122 Å². The summed E-state index contributed by atoms with van der Waals surface area (Å²) in [6.45, 7) is 1.78. The van der Waals surface area contributed by atoms with Gasteiger partial charge in [-0.1, -0.05) is 0 Å². The molecule has 2 aromatic rings. The number of thiophene rings is 1. The molecule has 1 aromatic heterocycles. The summed E-state index contributed by atoms with van der Waals surface area (Å²) >= 11 is 4.82. The molecule has 0 saturated heterocycles. The number of rotatable bonds is 4. The van der Waals surface area contributed by atoms with E-state index in [1.807, 2.05) is 11.4 Å². The van der Waals surface area contributed by atoms with Crippen molar-refractivity contribution in [3.8, 4) is 5.75 Å². The first kappa shape index (κ1) is 14.4. The van der Waals surface area contributed by atoms with Crippen LogP contribution in [0.2, 0.25) is 0 Å². The van der Waals surface area contributed by atoms with Crippen LogP contribution < -0.4 is 10.5 Å². The second kappa shape index (κ2) is 5.98. The van der Waals surface area contributed by atoms with Crippen LogP contribution in [0, 0.1) is 11.6 Å². The minimum Gasteiger partial charge on any atom is -0.480 e. The van der Waals surface area contributed by atoms with Crippen LogP contribution in [-0.2, 0) is 0 Å². The van der Waals surface area contributed by atoms with Gasteiger partial charge in [0.1, 0.15) is 11.9 Å². The van der Waals surface area contributed by atoms with Crippen LogP contribution in [0.25, 0.3) is 0 Å². The van der Waals surface area contributed by atoms with Crippen molar-refractivity contribution in [2.24, 2.45) is 5.73 Å². The van der Waals surface area contributed by atoms with Crippen LogP contribution in [0.3, 0.4) is 0 Å². The number of nitrogens with two attached hydrogens (primary N) is 1. The van der Waals surface area contributed by atoms with E-state index in [2.05, 4.69) is 15.9 Å². The molecule has 2 rings (SSSR count). The molecule has 0 aliphatic carbocycles. The van der Waals surface area contributed by atoms with Gasteiger partial charge in [-0.15, -0.1) is 11.3 Å². The maximum absolute atomic E-state index is 13.6. The largest absolute Gasteiger partial charge is 0.480 e. The van der Waals surface area contributed by atoms with Gasteiger partial charge in [0.15, 0.2) is 11.6 Å². The van der Waals surface area contributed by atoms with Gasteiger partial charge < -0.3 is 10.5 Å². The lowest BCUT2D eigenvalue weighted by Gasteiger charge is -2.21. The van der Waals surface area contributed by atoms with E-state index in [0.717, 1.165) is 21.5 Å². The molecule has 2 nitrogen and oxygen atoms in total. The van der Waals surface area contributed by atoms with Crippen molar-refractivity contribution in [1.29, 1.82) is 0 Å². The number of benzene rings is 1. The van der Waals surface area contributed by atoms with E-state index in [1.165, 1.54) is 17.4 Å². The maximum Gasteiger partial charge on any atom is 0.168 e. The lowest BCUT2D eigenvalue weighted by Crippen LogP contribution is -2.28. The summed E-state index contributed by atoms with van der Waals surface area (Å²) in [6.07, 6.45) is -0.476. The minimum atomic E-state index is -0.735. The smallest absolute Gasteiger partial charge is 0.168 e. The lowest BCUT2D eigenvalue weighted by molar-refractivity contribution is 0.176. The van der Waals surface area contributed by atoms with Crippen LogP contribution in [0.4, 0.5) is 8.78 Å². The molecule has 1 aromatic carbocycles. The average Bonchev–Trinajstić information content (AvgIpc) is 2.74. The summed E-state index contributed by atoms with van der Waals surface area (Å²) in [6, 6.07) is 4.76. The molecule has 0 radical (unpaired) electrons. The third-order valence-corrected chi connectivity index (χ3v) is 4.25. The van der Waals surface area contributed by atoms with Crippen molar-refractivity contribution in [3.05, 3.63) is 50.6 Å². The molecule has 19 heavy (non-hydrogen) atoms. The summed E-state index contributed by atoms with van der Waals surface area (Å²) in [4.78, 5) is 0.880. The van der Waals surface area contributed by atoms with Crippen molar-refractivity contribution < 1.29 is 13.5 Å². The first-order chi connectivity index (χ1) is 8.97. The predicted octanol–water partition coefficient (Wildman–Crippen LogP) is 4.26. The molecule has 0 bridgehead atoms. The van der Waals surface area contributed by atoms with Gasteiger partial charge in [-0.05, 0) is 41.1 Å². The van der Waals surface area contributed by atoms with E-state index in [0.29, 0.717) is 0 Å². The zero-order chi connectivity index (χ0) is 14.0. The SMILES string of the molecule is CC(N)C(Oc1ccc(F)cc1F)c1cc(Br)cs1. The van der Waals surface area contributed by atoms with Gasteiger partial charge in [-0.25, -0.2) is 8.78 Å². The van der Waals surface area contributed by atoms with E-state index >= 15 is 0 Å². The number of hydrogen-bond acceptors (Lipinski definition) is 3. The number of hydrogen-bond donors (Lipinski definition) is 1. The fourth-order valence-corrected chi connectivity index (χ4v) is 3.20. The normalized spacial score (nSPS) is 14.2. The molecule has 0 aliphatic heterocycles. The highest BCUT2D eigenvalue weighted by molar-refractivity contribution is 9.10. The lowest BCUT2D eigenvalue weighted by atomic mass is 10.1. The quantitative estimate of drug-likeness (QED) is 0.896. The fraction of sp³-hybridized carbons (Fsp3) is 0.231. The van der Waals surface area contributed by atoms with Gasteiger partial charge in [0, 0.05) is 26.8 Å². The van der Waals surface area contributed by atoms with Crippen molar-refractivity contribution in [2.75, 3.05) is 0 Å². The van der Waals surface area contributed by atoms with Gasteiger partial charge in [0.25, 0.3) is 0 Å². The molecular formula is C13H12BrF2NOS. The van der Waals surface area contributed by atoms with E-state index in [4.69, 9.17) is 10.5 Å². The standard InChI is InChI=1S/C13H12BrF2NOS/c1-7(17)13(12-4-8(14)6-19-12)18-11-3-2-9(15)5-10(11)16/h2-7,13H,17H2,1H3. The molecule has 0 spiro atoms. The van der Waals surface area contributed by atoms with E-state index in [1.54, 1.807) is 6.92 Å². The number of ether oxygens (including phenoxy) is 1. The Morgan fingerprint density at radius 2 is 2.05 bits per heavy atom. The van der Waals surface area contributed by atoms with Gasteiger partial charge >= 0.3 is 0 Å². The van der Waals surface area contributed by atoms with Crippen molar-refractivity contribution in [3.63, 3.8) is 0 Å². The van der Waals surface area contributed by atoms with E-state index < -0.39 is 17.7 Å². The molecule has 1 heterocycles. The van der Waals surface area contributed by atoms with E-state index in [9.17, 15) is 8.78 Å². The summed E-state index contributed by atoms with van der Waals surface area (Å²) < 4.78 is 32.9. The number of halogens is 3. The Balaban J connectivity index is 2.26. The van der Waals surface area contributed by atoms with Gasteiger partial charge in [0.05, 0.1) is 0 Å². The van der Waals surface area contributed by atoms with Crippen molar-refractivity contribution in [1.82, 2.24) is 0 Å². The highest BCUT2D eigenvalue weighted by Gasteiger charge is 2.21. The molecule has 0 aliphatic rings. The third-order valence-electron chi connectivity index (χ3n) is 2.49. The summed E-state index contributed by atoms with van der Waals surface area (Å²) in [5.74, 6) is -1.38. The Morgan fingerprint density at radius 3 is 2.58 bits per heavy atom. The van der Waals surface area contributed by atoms with Crippen LogP contribution in [0.1, 0.15) is 17.9 Å². The molecule has 2 atom stereocenters. The molecule has 6 heteroatoms. The molecular weight excluding hydrogens is 336 g/mol. The second-order valence-corrected chi connectivity index (χ2v) is 6.00. The molecule has 0 fully saturated rings. The fourth-order valence-electron chi connectivity index (χ4n) is 1.61. The summed E-state index contributed by atoms with van der Waals surface area (Å²) in [5, 5.41) is 1.90. The second-order valence-electron chi connectivity index (χ2n) is 4.14. The average molecular weight is 348 g/mol. The third kappa shape index (κ3) is 3.52. The Kier molecular flexibility index (Phi) is 4.54. The zero-order valence-electron chi connectivity index (χ0n) is 10.1. The highest BCUT2D eigenvalue weighted by atomic mass is 79.9. The summed E-state index contributed by atoms with van der Waals surface area (Å²) in [5.41, 5.74) is 5.88. The van der Waals surface area contributed by atoms with Crippen molar-refractivity contribution in [2.45, 2.75) is 19.1 Å². The molecule has 0 saturated carbocycles. The van der Waals surface area contributed by atoms with Gasteiger partial charge in [-0.3, -0.25) is 0 Å². The van der Waals surface area contributed by atoms with E-state index in [-0.39, 0.29) is 11.8 Å². The highest BCUT2D eigenvalue weighted by Crippen LogP contribution is 2.32. The predicted molar refractivity (Wildman–Crippen MR) is 75.4 cm³/mol. The maximum atomic E-state index is 13.6. The minimum absolute atomic E-state index is 0.00628. The topological polar surface area (TPSA) is 35.2 Å². The van der Waals surface area contributed by atoms with Crippen molar-refractivity contribution >= 4 is 27.3 Å². The monoisotopic (exact) mass is 347 g/mol. The molecule has 0 amide bonds. The van der Waals surface area contributed by atoms with Crippen LogP contribution in [-0.4, -0.2) is 6.04 Å². The Bertz CT molecular complexity index is 574.